The molecule has 31 heavy (non-hydrogen) atoms. The van der Waals surface area contributed by atoms with Crippen LogP contribution in [0.25, 0.3) is 16.7 Å². The van der Waals surface area contributed by atoms with Crippen LogP contribution in [0, 0.1) is 12.7 Å². The molecule has 0 radical (unpaired) electrons. The first kappa shape index (κ1) is 20.3. The van der Waals surface area contributed by atoms with Crippen LogP contribution in [0.1, 0.15) is 21.6 Å². The van der Waals surface area contributed by atoms with Gasteiger partial charge in [0.2, 0.25) is 5.43 Å². The Morgan fingerprint density at radius 1 is 1.13 bits per heavy atom. The smallest absolute Gasteiger partial charge is 0.345 e. The van der Waals surface area contributed by atoms with Crippen molar-refractivity contribution in [3.63, 3.8) is 0 Å². The number of aromatic nitrogens is 3. The number of aryl methyl sites for hydroxylation is 1. The van der Waals surface area contributed by atoms with Gasteiger partial charge in [0.05, 0.1) is 22.3 Å². The van der Waals surface area contributed by atoms with E-state index in [4.69, 9.17) is 0 Å². The van der Waals surface area contributed by atoms with Gasteiger partial charge in [-0.25, -0.2) is 9.07 Å². The minimum absolute atomic E-state index is 0.173. The third-order valence-electron chi connectivity index (χ3n) is 4.66. The highest BCUT2D eigenvalue weighted by Crippen LogP contribution is 2.33. The summed E-state index contributed by atoms with van der Waals surface area (Å²) in [7, 11) is 0. The number of halogens is 4. The van der Waals surface area contributed by atoms with Crippen LogP contribution in [-0.2, 0) is 6.18 Å². The Bertz CT molecular complexity index is 1360. The van der Waals surface area contributed by atoms with Gasteiger partial charge in [0.1, 0.15) is 17.0 Å². The van der Waals surface area contributed by atoms with Gasteiger partial charge in [-0.3, -0.25) is 9.59 Å². The van der Waals surface area contributed by atoms with Crippen molar-refractivity contribution in [1.29, 1.82) is 0 Å². The van der Waals surface area contributed by atoms with E-state index in [1.807, 2.05) is 6.07 Å². The van der Waals surface area contributed by atoms with E-state index < -0.39 is 28.9 Å². The summed E-state index contributed by atoms with van der Waals surface area (Å²) in [6, 6.07) is 11.1. The number of hydrogen-bond acceptors (Lipinski definition) is 3. The van der Waals surface area contributed by atoms with E-state index in [1.165, 1.54) is 4.68 Å². The fraction of sp³-hybridized carbons (Fsp3) is 0.0952. The summed E-state index contributed by atoms with van der Waals surface area (Å²) >= 11 is 0. The largest absolute Gasteiger partial charge is 0.419 e. The number of fused-ring (bicyclic) bond motifs is 1. The van der Waals surface area contributed by atoms with Gasteiger partial charge in [0.25, 0.3) is 5.91 Å². The zero-order chi connectivity index (χ0) is 22.3. The van der Waals surface area contributed by atoms with Crippen LogP contribution in [0.2, 0.25) is 0 Å². The highest BCUT2D eigenvalue weighted by molar-refractivity contribution is 6.05. The molecule has 158 valence electrons. The summed E-state index contributed by atoms with van der Waals surface area (Å²) in [4.78, 5) is 28.4. The van der Waals surface area contributed by atoms with Gasteiger partial charge in [-0.15, -0.1) is 0 Å². The summed E-state index contributed by atoms with van der Waals surface area (Å²) in [5.74, 6) is -2.40. The highest BCUT2D eigenvalue weighted by atomic mass is 19.4. The van der Waals surface area contributed by atoms with Gasteiger partial charge in [-0.2, -0.15) is 18.3 Å². The first-order chi connectivity index (χ1) is 14.7. The molecule has 10 heteroatoms. The molecule has 0 fully saturated rings. The van der Waals surface area contributed by atoms with Crippen molar-refractivity contribution >= 4 is 22.6 Å². The van der Waals surface area contributed by atoms with E-state index in [-0.39, 0.29) is 16.6 Å². The molecule has 0 aliphatic heterocycles. The molecule has 2 N–H and O–H groups in total. The Hall–Kier alpha value is -3.95. The van der Waals surface area contributed by atoms with Gasteiger partial charge in [0, 0.05) is 11.9 Å². The van der Waals surface area contributed by atoms with Gasteiger partial charge >= 0.3 is 6.18 Å². The average molecular weight is 430 g/mol. The number of anilines is 1. The van der Waals surface area contributed by atoms with E-state index in [2.05, 4.69) is 15.4 Å². The van der Waals surface area contributed by atoms with Crippen LogP contribution >= 0.6 is 0 Å². The van der Waals surface area contributed by atoms with Crippen LogP contribution < -0.4 is 10.7 Å². The molecular formula is C21H14F4N4O2. The standard InChI is InChI=1S/C21H14F4N4O2/c1-11-17-18(30)14(10-26-19(17)29(28-11)13-5-3-2-4-6-13)20(31)27-12-7-8-16(22)15(9-12)21(23,24)25/h2-10H,1H3,(H,26,30)(H,27,31). The molecule has 0 atom stereocenters. The quantitative estimate of drug-likeness (QED) is 0.472. The number of rotatable bonds is 3. The number of amides is 1. The number of nitrogens with zero attached hydrogens (tertiary/aromatic N) is 2. The number of hydrogen-bond donors (Lipinski definition) is 2. The number of para-hydroxylation sites is 1. The SMILES string of the molecule is Cc1nn(-c2ccccc2)c2[nH]cc(C(=O)Nc3ccc(F)c(C(F)(F)F)c3)c(=O)c12. The number of aromatic amines is 1. The van der Waals surface area contributed by atoms with Crippen molar-refractivity contribution in [1.82, 2.24) is 14.8 Å². The summed E-state index contributed by atoms with van der Waals surface area (Å²) in [5.41, 5.74) is -1.34. The summed E-state index contributed by atoms with van der Waals surface area (Å²) in [6.07, 6.45) is -3.76. The molecule has 0 aliphatic rings. The van der Waals surface area contributed by atoms with Crippen molar-refractivity contribution in [2.75, 3.05) is 5.32 Å². The lowest BCUT2D eigenvalue weighted by atomic mass is 10.1. The fourth-order valence-electron chi connectivity index (χ4n) is 3.22. The second kappa shape index (κ2) is 7.38. The fourth-order valence-corrected chi connectivity index (χ4v) is 3.22. The summed E-state index contributed by atoms with van der Waals surface area (Å²) in [6.45, 7) is 1.61. The Morgan fingerprint density at radius 2 is 1.84 bits per heavy atom. The molecule has 2 aromatic carbocycles. The zero-order valence-electron chi connectivity index (χ0n) is 15.9. The first-order valence-electron chi connectivity index (χ1n) is 9.01. The normalized spacial score (nSPS) is 11.6. The molecule has 0 spiro atoms. The van der Waals surface area contributed by atoms with Crippen molar-refractivity contribution in [2.45, 2.75) is 13.1 Å². The predicted molar refractivity (Wildman–Crippen MR) is 106 cm³/mol. The van der Waals surface area contributed by atoms with E-state index in [0.717, 1.165) is 12.3 Å². The maximum absolute atomic E-state index is 13.5. The molecule has 2 aromatic heterocycles. The maximum Gasteiger partial charge on any atom is 0.419 e. The lowest BCUT2D eigenvalue weighted by Crippen LogP contribution is -2.22. The minimum atomic E-state index is -4.93. The van der Waals surface area contributed by atoms with E-state index in [1.54, 1.807) is 31.2 Å². The van der Waals surface area contributed by atoms with E-state index in [9.17, 15) is 27.2 Å². The third-order valence-corrected chi connectivity index (χ3v) is 4.66. The van der Waals surface area contributed by atoms with Gasteiger partial charge in [-0.1, -0.05) is 18.2 Å². The number of alkyl halides is 3. The topological polar surface area (TPSA) is 79.8 Å². The number of benzene rings is 2. The number of H-pyrrole nitrogens is 1. The molecular weight excluding hydrogens is 416 g/mol. The molecule has 0 unspecified atom stereocenters. The monoisotopic (exact) mass is 430 g/mol. The molecule has 0 aliphatic carbocycles. The number of carbonyl (C=O) groups excluding carboxylic acids is 1. The molecule has 0 saturated carbocycles. The summed E-state index contributed by atoms with van der Waals surface area (Å²) < 4.78 is 53.7. The van der Waals surface area contributed by atoms with E-state index >= 15 is 0 Å². The summed E-state index contributed by atoms with van der Waals surface area (Å²) in [5, 5.41) is 6.72. The van der Waals surface area contributed by atoms with Crippen LogP contribution in [0.3, 0.4) is 0 Å². The highest BCUT2D eigenvalue weighted by Gasteiger charge is 2.34. The molecule has 2 heterocycles. The number of pyridine rings is 1. The van der Waals surface area contributed by atoms with Gasteiger partial charge in [-0.05, 0) is 37.3 Å². The number of nitrogens with one attached hydrogen (secondary N) is 2. The first-order valence-corrected chi connectivity index (χ1v) is 9.01. The third kappa shape index (κ3) is 3.67. The molecule has 1 amide bonds. The Balaban J connectivity index is 1.73. The molecule has 0 saturated heterocycles. The molecule has 6 nitrogen and oxygen atoms in total. The van der Waals surface area contributed by atoms with Gasteiger partial charge < -0.3 is 10.3 Å². The van der Waals surface area contributed by atoms with Crippen LogP contribution in [0.15, 0.2) is 59.5 Å². The Morgan fingerprint density at radius 3 is 2.52 bits per heavy atom. The zero-order valence-corrected chi connectivity index (χ0v) is 15.9. The maximum atomic E-state index is 13.5. The molecule has 4 aromatic rings. The lowest BCUT2D eigenvalue weighted by Gasteiger charge is -2.11. The van der Waals surface area contributed by atoms with Crippen LogP contribution in [-0.4, -0.2) is 20.7 Å². The number of carbonyl (C=O) groups is 1. The van der Waals surface area contributed by atoms with Crippen LogP contribution in [0.5, 0.6) is 0 Å². The van der Waals surface area contributed by atoms with E-state index in [0.29, 0.717) is 29.2 Å². The van der Waals surface area contributed by atoms with Crippen molar-refractivity contribution < 1.29 is 22.4 Å². The van der Waals surface area contributed by atoms with Crippen LogP contribution in [0.4, 0.5) is 23.2 Å². The average Bonchev–Trinajstić information content (AvgIpc) is 3.07. The second-order valence-corrected chi connectivity index (χ2v) is 6.73. The van der Waals surface area contributed by atoms with Crippen molar-refractivity contribution in [3.05, 3.63) is 87.6 Å². The Labute approximate surface area is 172 Å². The van der Waals surface area contributed by atoms with Crippen molar-refractivity contribution in [3.8, 4) is 5.69 Å². The Kier molecular flexibility index (Phi) is 4.84. The minimum Gasteiger partial charge on any atom is -0.345 e. The molecule has 0 bridgehead atoms. The molecule has 4 rings (SSSR count). The van der Waals surface area contributed by atoms with Gasteiger partial charge in [0.15, 0.2) is 0 Å². The predicted octanol–water partition coefficient (Wildman–Crippen LogP) is 4.43. The lowest BCUT2D eigenvalue weighted by molar-refractivity contribution is -0.139. The van der Waals surface area contributed by atoms with Crippen molar-refractivity contribution in [2.24, 2.45) is 0 Å². The second-order valence-electron chi connectivity index (χ2n) is 6.73.